The summed E-state index contributed by atoms with van der Waals surface area (Å²) in [4.78, 5) is 40.4. The standard InChI is InChI=1S/C31H33BrN4O3/c1-20(2)31(39)36-18-17-23(19-36)29(30(38)34-25-14-12-24(32)13-15-25)22-10-7-21(8-11-22)9-16-28(37)35-27-6-4-3-5-26(27)33/h3-16,20,23,29H,17-19,33H2,1-2H3,(H,34,38)(H,35,37)/b16-9+. The van der Waals surface area contributed by atoms with Gasteiger partial charge in [-0.3, -0.25) is 14.4 Å². The number of nitrogen functional groups attached to an aromatic ring is 1. The van der Waals surface area contributed by atoms with E-state index in [9.17, 15) is 14.4 Å². The lowest BCUT2D eigenvalue weighted by Crippen LogP contribution is -2.34. The van der Waals surface area contributed by atoms with E-state index >= 15 is 0 Å². The molecule has 202 valence electrons. The monoisotopic (exact) mass is 588 g/mol. The fourth-order valence-electron chi connectivity index (χ4n) is 4.79. The first-order valence-corrected chi connectivity index (χ1v) is 13.8. The van der Waals surface area contributed by atoms with Gasteiger partial charge in [0.1, 0.15) is 0 Å². The summed E-state index contributed by atoms with van der Waals surface area (Å²) in [6.45, 7) is 4.98. The van der Waals surface area contributed by atoms with Crippen LogP contribution in [0, 0.1) is 11.8 Å². The van der Waals surface area contributed by atoms with Crippen LogP contribution in [0.4, 0.5) is 17.1 Å². The van der Waals surface area contributed by atoms with Crippen molar-refractivity contribution in [2.75, 3.05) is 29.5 Å². The highest BCUT2D eigenvalue weighted by atomic mass is 79.9. The van der Waals surface area contributed by atoms with Crippen molar-refractivity contribution in [3.8, 4) is 0 Å². The molecule has 7 nitrogen and oxygen atoms in total. The number of nitrogens with two attached hydrogens (primary N) is 1. The van der Waals surface area contributed by atoms with E-state index in [4.69, 9.17) is 5.73 Å². The molecule has 0 bridgehead atoms. The Morgan fingerprint density at radius 2 is 1.67 bits per heavy atom. The summed E-state index contributed by atoms with van der Waals surface area (Å²) in [7, 11) is 0. The molecule has 2 unspecified atom stereocenters. The first-order chi connectivity index (χ1) is 18.7. The maximum Gasteiger partial charge on any atom is 0.248 e. The molecule has 0 spiro atoms. The molecule has 39 heavy (non-hydrogen) atoms. The molecular formula is C31H33BrN4O3. The van der Waals surface area contributed by atoms with Gasteiger partial charge in [0.15, 0.2) is 0 Å². The number of para-hydroxylation sites is 2. The van der Waals surface area contributed by atoms with E-state index in [1.807, 2.05) is 67.3 Å². The summed E-state index contributed by atoms with van der Waals surface area (Å²) in [5.74, 6) is -0.803. The average molecular weight is 590 g/mol. The highest BCUT2D eigenvalue weighted by Crippen LogP contribution is 2.34. The molecule has 2 atom stereocenters. The van der Waals surface area contributed by atoms with Crippen LogP contribution in [0.5, 0.6) is 0 Å². The van der Waals surface area contributed by atoms with E-state index in [2.05, 4.69) is 26.6 Å². The smallest absolute Gasteiger partial charge is 0.248 e. The molecule has 4 rings (SSSR count). The predicted molar refractivity (Wildman–Crippen MR) is 160 cm³/mol. The molecule has 1 aliphatic rings. The molecule has 0 radical (unpaired) electrons. The molecule has 0 aromatic heterocycles. The molecule has 0 saturated carbocycles. The normalized spacial score (nSPS) is 15.9. The molecule has 3 aromatic carbocycles. The summed E-state index contributed by atoms with van der Waals surface area (Å²) in [6, 6.07) is 22.2. The van der Waals surface area contributed by atoms with E-state index < -0.39 is 5.92 Å². The van der Waals surface area contributed by atoms with Gasteiger partial charge in [-0.25, -0.2) is 0 Å². The molecule has 1 aliphatic heterocycles. The lowest BCUT2D eigenvalue weighted by molar-refractivity contribution is -0.133. The van der Waals surface area contributed by atoms with Gasteiger partial charge >= 0.3 is 0 Å². The third-order valence-corrected chi connectivity index (χ3v) is 7.37. The predicted octanol–water partition coefficient (Wildman–Crippen LogP) is 5.91. The van der Waals surface area contributed by atoms with Crippen molar-refractivity contribution in [2.24, 2.45) is 11.8 Å². The lowest BCUT2D eigenvalue weighted by atomic mass is 9.84. The maximum atomic E-state index is 13.6. The van der Waals surface area contributed by atoms with Gasteiger partial charge in [0.05, 0.1) is 17.3 Å². The Morgan fingerprint density at radius 3 is 2.33 bits per heavy atom. The zero-order chi connectivity index (χ0) is 27.9. The minimum Gasteiger partial charge on any atom is -0.397 e. The number of amides is 3. The Labute approximate surface area is 237 Å². The molecular weight excluding hydrogens is 556 g/mol. The number of likely N-dealkylation sites (tertiary alicyclic amines) is 1. The molecule has 3 aromatic rings. The number of carbonyl (C=O) groups is 3. The Hall–Kier alpha value is -3.91. The van der Waals surface area contributed by atoms with Crippen molar-refractivity contribution in [2.45, 2.75) is 26.2 Å². The molecule has 0 aliphatic carbocycles. The number of rotatable bonds is 8. The van der Waals surface area contributed by atoms with Crippen LogP contribution in [0.25, 0.3) is 6.08 Å². The maximum absolute atomic E-state index is 13.6. The van der Waals surface area contributed by atoms with Gasteiger partial charge in [0, 0.05) is 35.2 Å². The quantitative estimate of drug-likeness (QED) is 0.225. The Morgan fingerprint density at radius 1 is 0.974 bits per heavy atom. The summed E-state index contributed by atoms with van der Waals surface area (Å²) in [5.41, 5.74) is 9.36. The van der Waals surface area contributed by atoms with Gasteiger partial charge in [-0.05, 0) is 65.9 Å². The minimum absolute atomic E-state index is 0.00773. The van der Waals surface area contributed by atoms with Crippen molar-refractivity contribution in [1.29, 1.82) is 0 Å². The number of nitrogens with zero attached hydrogens (tertiary/aromatic N) is 1. The minimum atomic E-state index is -0.430. The molecule has 1 saturated heterocycles. The molecule has 3 amide bonds. The average Bonchev–Trinajstić information content (AvgIpc) is 3.40. The highest BCUT2D eigenvalue weighted by molar-refractivity contribution is 9.10. The summed E-state index contributed by atoms with van der Waals surface area (Å²) in [6.07, 6.45) is 3.92. The van der Waals surface area contributed by atoms with E-state index in [1.165, 1.54) is 6.08 Å². The molecule has 8 heteroatoms. The first kappa shape index (κ1) is 28.1. The van der Waals surface area contributed by atoms with Crippen molar-refractivity contribution in [3.63, 3.8) is 0 Å². The Bertz CT molecular complexity index is 1350. The number of hydrogen-bond donors (Lipinski definition) is 3. The van der Waals surface area contributed by atoms with Crippen LogP contribution in [0.1, 0.15) is 37.3 Å². The zero-order valence-electron chi connectivity index (χ0n) is 22.1. The highest BCUT2D eigenvalue weighted by Gasteiger charge is 2.37. The number of halogens is 1. The van der Waals surface area contributed by atoms with E-state index in [-0.39, 0.29) is 29.6 Å². The second kappa shape index (κ2) is 12.8. The SMILES string of the molecule is CC(C)C(=O)N1CCC(C(C(=O)Nc2ccc(Br)cc2)c2ccc(/C=C/C(=O)Nc3ccccc3N)cc2)C1. The number of carbonyl (C=O) groups excluding carboxylic acids is 3. The Kier molecular flexibility index (Phi) is 9.19. The summed E-state index contributed by atoms with van der Waals surface area (Å²) < 4.78 is 0.931. The zero-order valence-corrected chi connectivity index (χ0v) is 23.6. The number of hydrogen-bond acceptors (Lipinski definition) is 4. The van der Waals surface area contributed by atoms with Gasteiger partial charge in [-0.2, -0.15) is 0 Å². The third-order valence-electron chi connectivity index (χ3n) is 6.84. The van der Waals surface area contributed by atoms with Crippen LogP contribution in [0.3, 0.4) is 0 Å². The number of anilines is 3. The van der Waals surface area contributed by atoms with Crippen LogP contribution in [0.15, 0.2) is 83.3 Å². The van der Waals surface area contributed by atoms with Crippen LogP contribution in [0.2, 0.25) is 0 Å². The van der Waals surface area contributed by atoms with E-state index in [1.54, 1.807) is 30.3 Å². The fraction of sp³-hybridized carbons (Fsp3) is 0.258. The topological polar surface area (TPSA) is 105 Å². The van der Waals surface area contributed by atoms with Crippen LogP contribution < -0.4 is 16.4 Å². The fourth-order valence-corrected chi connectivity index (χ4v) is 5.05. The van der Waals surface area contributed by atoms with Crippen LogP contribution in [-0.2, 0) is 14.4 Å². The van der Waals surface area contributed by atoms with E-state index in [0.29, 0.717) is 30.2 Å². The van der Waals surface area contributed by atoms with Gasteiger partial charge in [0.2, 0.25) is 17.7 Å². The summed E-state index contributed by atoms with van der Waals surface area (Å²) >= 11 is 3.42. The van der Waals surface area contributed by atoms with Gasteiger partial charge in [0.25, 0.3) is 0 Å². The Balaban J connectivity index is 1.51. The molecule has 1 heterocycles. The number of nitrogens with one attached hydrogen (secondary N) is 2. The number of benzene rings is 3. The van der Waals surface area contributed by atoms with Crippen molar-refractivity contribution >= 4 is 56.8 Å². The lowest BCUT2D eigenvalue weighted by Gasteiger charge is -2.25. The van der Waals surface area contributed by atoms with Gasteiger partial charge < -0.3 is 21.3 Å². The summed E-state index contributed by atoms with van der Waals surface area (Å²) in [5, 5.41) is 5.82. The molecule has 1 fully saturated rings. The second-order valence-corrected chi connectivity index (χ2v) is 11.0. The van der Waals surface area contributed by atoms with Crippen molar-refractivity contribution in [1.82, 2.24) is 4.90 Å². The molecule has 4 N–H and O–H groups in total. The second-order valence-electron chi connectivity index (χ2n) is 10.0. The van der Waals surface area contributed by atoms with Gasteiger partial charge in [-0.15, -0.1) is 0 Å². The van der Waals surface area contributed by atoms with Crippen molar-refractivity contribution in [3.05, 3.63) is 94.5 Å². The van der Waals surface area contributed by atoms with Crippen molar-refractivity contribution < 1.29 is 14.4 Å². The van der Waals surface area contributed by atoms with Crippen LogP contribution in [-0.4, -0.2) is 35.7 Å². The first-order valence-electron chi connectivity index (χ1n) is 13.0. The van der Waals surface area contributed by atoms with Crippen LogP contribution >= 0.6 is 15.9 Å². The largest absolute Gasteiger partial charge is 0.397 e. The third kappa shape index (κ3) is 7.35. The van der Waals surface area contributed by atoms with Gasteiger partial charge in [-0.1, -0.05) is 66.2 Å². The van der Waals surface area contributed by atoms with E-state index in [0.717, 1.165) is 22.0 Å².